The largest absolute Gasteiger partial charge is 0.478 e. The number of benzene rings is 2. The molecule has 0 radical (unpaired) electrons. The molecule has 1 heterocycles. The molecule has 2 aromatic rings. The molecule has 0 unspecified atom stereocenters. The van der Waals surface area contributed by atoms with Crippen LogP contribution >= 0.6 is 11.8 Å². The molecule has 1 saturated heterocycles. The summed E-state index contributed by atoms with van der Waals surface area (Å²) in [5, 5.41) is 25.4. The van der Waals surface area contributed by atoms with Crippen LogP contribution < -0.4 is 0 Å². The van der Waals surface area contributed by atoms with Crippen molar-refractivity contribution in [2.75, 3.05) is 5.75 Å². The van der Waals surface area contributed by atoms with Crippen molar-refractivity contribution in [2.45, 2.75) is 0 Å². The van der Waals surface area contributed by atoms with Crippen LogP contribution in [0.5, 0.6) is 0 Å². The number of carbonyl (C=O) groups excluding carboxylic acids is 1. The number of amides is 1. The van der Waals surface area contributed by atoms with Crippen LogP contribution in [0, 0.1) is 10.1 Å². The smallest absolute Gasteiger partial charge is 0.336 e. The lowest BCUT2D eigenvalue weighted by atomic mass is 10.1. The molecule has 3 rings (SSSR count). The Morgan fingerprint density at radius 3 is 2.59 bits per heavy atom. The molecule has 1 amide bonds. The van der Waals surface area contributed by atoms with Crippen molar-refractivity contribution >= 4 is 46.4 Å². The molecular weight excluding hydrogens is 372 g/mol. The van der Waals surface area contributed by atoms with Crippen molar-refractivity contribution in [1.29, 1.82) is 0 Å². The first-order chi connectivity index (χ1) is 13.0. The van der Waals surface area contributed by atoms with Gasteiger partial charge in [-0.25, -0.2) is 9.79 Å². The van der Waals surface area contributed by atoms with Crippen LogP contribution in [0.3, 0.4) is 0 Å². The second-order valence-electron chi connectivity index (χ2n) is 5.30. The fourth-order valence-electron chi connectivity index (χ4n) is 2.23. The van der Waals surface area contributed by atoms with Gasteiger partial charge in [0.15, 0.2) is 5.17 Å². The van der Waals surface area contributed by atoms with Crippen LogP contribution in [0.25, 0.3) is 0 Å². The zero-order chi connectivity index (χ0) is 19.4. The van der Waals surface area contributed by atoms with E-state index in [4.69, 9.17) is 0 Å². The van der Waals surface area contributed by atoms with Gasteiger partial charge in [-0.1, -0.05) is 30.0 Å². The van der Waals surface area contributed by atoms with Crippen molar-refractivity contribution < 1.29 is 19.6 Å². The maximum atomic E-state index is 12.1. The van der Waals surface area contributed by atoms with Crippen LogP contribution in [-0.4, -0.2) is 44.1 Å². The fourth-order valence-corrected chi connectivity index (χ4v) is 3.05. The number of aliphatic imine (C=N–C) groups is 1. The van der Waals surface area contributed by atoms with Gasteiger partial charge in [0.1, 0.15) is 0 Å². The Hall–Kier alpha value is -3.53. The van der Waals surface area contributed by atoms with Gasteiger partial charge in [-0.2, -0.15) is 10.1 Å². The van der Waals surface area contributed by atoms with Gasteiger partial charge in [-0.3, -0.25) is 14.9 Å². The number of amidine groups is 1. The quantitative estimate of drug-likeness (QED) is 0.480. The summed E-state index contributed by atoms with van der Waals surface area (Å²) in [6.07, 6.45) is 1.29. The molecule has 10 heteroatoms. The molecule has 2 aromatic carbocycles. The van der Waals surface area contributed by atoms with Gasteiger partial charge in [0, 0.05) is 17.7 Å². The normalized spacial score (nSPS) is 15.6. The molecule has 1 aliphatic heterocycles. The standard InChI is InChI=1S/C17H12N4O5S/c22-15-10-27-17(19-12-5-7-13(8-6-12)21(25)26)20(15)18-9-11-3-1-2-4-14(11)16(23)24/h1-9H,10H2,(H,23,24)/b18-9-,19-17?. The minimum absolute atomic E-state index is 0.0609. The SMILES string of the molecule is O=C(O)c1ccccc1/C=N\N1C(=O)CSC1=Nc1ccc([N+](=O)[O-])cc1. The number of rotatable bonds is 5. The molecule has 27 heavy (non-hydrogen) atoms. The van der Waals surface area contributed by atoms with E-state index in [0.717, 1.165) is 5.01 Å². The van der Waals surface area contributed by atoms with Gasteiger partial charge in [0.2, 0.25) is 0 Å². The third kappa shape index (κ3) is 4.18. The van der Waals surface area contributed by atoms with Gasteiger partial charge in [0.05, 0.1) is 28.1 Å². The minimum atomic E-state index is -1.10. The van der Waals surface area contributed by atoms with E-state index in [-0.39, 0.29) is 22.9 Å². The Bertz CT molecular complexity index is 972. The van der Waals surface area contributed by atoms with Gasteiger partial charge in [-0.15, -0.1) is 0 Å². The highest BCUT2D eigenvalue weighted by molar-refractivity contribution is 8.15. The summed E-state index contributed by atoms with van der Waals surface area (Å²) < 4.78 is 0. The summed E-state index contributed by atoms with van der Waals surface area (Å²) in [5.41, 5.74) is 0.789. The number of non-ortho nitro benzene ring substituents is 1. The van der Waals surface area contributed by atoms with Gasteiger partial charge in [0.25, 0.3) is 11.6 Å². The third-order valence-electron chi connectivity index (χ3n) is 3.53. The molecule has 1 fully saturated rings. The highest BCUT2D eigenvalue weighted by Crippen LogP contribution is 2.25. The third-order valence-corrected chi connectivity index (χ3v) is 4.44. The topological polar surface area (TPSA) is 125 Å². The summed E-state index contributed by atoms with van der Waals surface area (Å²) in [4.78, 5) is 37.8. The molecule has 0 aromatic heterocycles. The molecule has 136 valence electrons. The van der Waals surface area contributed by atoms with E-state index in [1.165, 1.54) is 48.3 Å². The van der Waals surface area contributed by atoms with E-state index in [9.17, 15) is 24.8 Å². The molecule has 0 bridgehead atoms. The average Bonchev–Trinajstić information content (AvgIpc) is 3.00. The number of hydrogen-bond donors (Lipinski definition) is 1. The second kappa shape index (κ2) is 7.79. The van der Waals surface area contributed by atoms with Gasteiger partial charge < -0.3 is 5.11 Å². The Balaban J connectivity index is 1.86. The maximum Gasteiger partial charge on any atom is 0.336 e. The first-order valence-corrected chi connectivity index (χ1v) is 8.59. The Morgan fingerprint density at radius 1 is 1.22 bits per heavy atom. The van der Waals surface area contributed by atoms with E-state index < -0.39 is 10.9 Å². The fraction of sp³-hybridized carbons (Fsp3) is 0.0588. The van der Waals surface area contributed by atoms with Gasteiger partial charge >= 0.3 is 5.97 Å². The van der Waals surface area contributed by atoms with Crippen LogP contribution in [0.4, 0.5) is 11.4 Å². The van der Waals surface area contributed by atoms with Crippen molar-refractivity contribution in [3.63, 3.8) is 0 Å². The number of nitrogens with zero attached hydrogens (tertiary/aromatic N) is 4. The van der Waals surface area contributed by atoms with E-state index >= 15 is 0 Å². The molecule has 0 spiro atoms. The summed E-state index contributed by atoms with van der Waals surface area (Å²) >= 11 is 1.17. The minimum Gasteiger partial charge on any atom is -0.478 e. The molecule has 1 aliphatic rings. The predicted octanol–water partition coefficient (Wildman–Crippen LogP) is 2.89. The number of nitro groups is 1. The highest BCUT2D eigenvalue weighted by Gasteiger charge is 2.28. The van der Waals surface area contributed by atoms with Crippen molar-refractivity contribution in [3.05, 3.63) is 69.8 Å². The number of carboxylic acid groups (broad SMARTS) is 1. The summed E-state index contributed by atoms with van der Waals surface area (Å²) in [6.45, 7) is 0. The number of nitro benzene ring substituents is 1. The van der Waals surface area contributed by atoms with Crippen LogP contribution in [0.1, 0.15) is 15.9 Å². The summed E-state index contributed by atoms with van der Waals surface area (Å²) in [6, 6.07) is 11.9. The highest BCUT2D eigenvalue weighted by atomic mass is 32.2. The second-order valence-corrected chi connectivity index (χ2v) is 6.24. The lowest BCUT2D eigenvalue weighted by Crippen LogP contribution is -2.24. The molecule has 0 atom stereocenters. The summed E-state index contributed by atoms with van der Waals surface area (Å²) in [7, 11) is 0. The number of hydrazone groups is 1. The van der Waals surface area contributed by atoms with Crippen LogP contribution in [0.2, 0.25) is 0 Å². The van der Waals surface area contributed by atoms with E-state index in [0.29, 0.717) is 16.4 Å². The average molecular weight is 384 g/mol. The van der Waals surface area contributed by atoms with E-state index in [2.05, 4.69) is 10.1 Å². The van der Waals surface area contributed by atoms with Gasteiger partial charge in [-0.05, 0) is 18.2 Å². The molecular formula is C17H12N4O5S. The van der Waals surface area contributed by atoms with Crippen molar-refractivity contribution in [1.82, 2.24) is 5.01 Å². The predicted molar refractivity (Wildman–Crippen MR) is 100 cm³/mol. The van der Waals surface area contributed by atoms with Crippen molar-refractivity contribution in [3.8, 4) is 0 Å². The van der Waals surface area contributed by atoms with Crippen LogP contribution in [-0.2, 0) is 4.79 Å². The molecule has 0 aliphatic carbocycles. The van der Waals surface area contributed by atoms with E-state index in [1.807, 2.05) is 0 Å². The maximum absolute atomic E-state index is 12.1. The van der Waals surface area contributed by atoms with Crippen molar-refractivity contribution in [2.24, 2.45) is 10.1 Å². The number of hydrogen-bond acceptors (Lipinski definition) is 7. The monoisotopic (exact) mass is 384 g/mol. The number of carboxylic acids is 1. The lowest BCUT2D eigenvalue weighted by Gasteiger charge is -2.09. The lowest BCUT2D eigenvalue weighted by molar-refractivity contribution is -0.384. The molecule has 1 N–H and O–H groups in total. The molecule has 9 nitrogen and oxygen atoms in total. The first-order valence-electron chi connectivity index (χ1n) is 7.61. The zero-order valence-electron chi connectivity index (χ0n) is 13.7. The number of thioether (sulfide) groups is 1. The molecule has 0 saturated carbocycles. The first kappa shape index (κ1) is 18.3. The Labute approximate surface area is 157 Å². The zero-order valence-corrected chi connectivity index (χ0v) is 14.5. The Kier molecular flexibility index (Phi) is 5.27. The summed E-state index contributed by atoms with van der Waals surface area (Å²) in [5.74, 6) is -1.26. The number of carbonyl (C=O) groups is 2. The van der Waals surface area contributed by atoms with Crippen LogP contribution in [0.15, 0.2) is 58.6 Å². The Morgan fingerprint density at radius 2 is 1.93 bits per heavy atom. The number of aromatic carboxylic acids is 1. The van der Waals surface area contributed by atoms with E-state index in [1.54, 1.807) is 18.2 Å².